The quantitative estimate of drug-likeness (QED) is 0.791. The lowest BCUT2D eigenvalue weighted by Crippen LogP contribution is -2.51. The molecule has 2 aliphatic heterocycles. The molecule has 0 spiro atoms. The van der Waals surface area contributed by atoms with Gasteiger partial charge in [-0.05, 0) is 46.2 Å². The van der Waals surface area contributed by atoms with Gasteiger partial charge in [0.05, 0.1) is 6.10 Å². The van der Waals surface area contributed by atoms with E-state index in [4.69, 9.17) is 4.74 Å². The summed E-state index contributed by atoms with van der Waals surface area (Å²) >= 11 is 0. The number of likely N-dealkylation sites (tertiary alicyclic amines) is 1. The molecule has 2 saturated heterocycles. The van der Waals surface area contributed by atoms with Gasteiger partial charge in [-0.25, -0.2) is 0 Å². The molecule has 4 atom stereocenters. The largest absolute Gasteiger partial charge is 0.377 e. The molecule has 0 aromatic carbocycles. The van der Waals surface area contributed by atoms with Gasteiger partial charge in [0.25, 0.3) is 0 Å². The van der Waals surface area contributed by atoms with Gasteiger partial charge in [-0.15, -0.1) is 0 Å². The van der Waals surface area contributed by atoms with Gasteiger partial charge in [0.1, 0.15) is 0 Å². The molecular formula is C13H26N2O. The van der Waals surface area contributed by atoms with Gasteiger partial charge in [-0.3, -0.25) is 0 Å². The highest BCUT2D eigenvalue weighted by molar-refractivity contribution is 4.88. The number of hydrogen-bond donors (Lipinski definition) is 1. The fourth-order valence-electron chi connectivity index (χ4n) is 3.10. The van der Waals surface area contributed by atoms with Crippen LogP contribution in [0.4, 0.5) is 0 Å². The first-order valence-corrected chi connectivity index (χ1v) is 6.82. The van der Waals surface area contributed by atoms with Crippen molar-refractivity contribution in [3.05, 3.63) is 0 Å². The van der Waals surface area contributed by atoms with Crippen molar-refractivity contribution in [2.45, 2.75) is 64.3 Å². The molecule has 2 aliphatic rings. The summed E-state index contributed by atoms with van der Waals surface area (Å²) in [6.07, 6.45) is 4.17. The standard InChI is InChI=1S/C13H26N2O/c1-4-15-7-5-12(9-10(15)2)14-13-6-8-16-11(13)3/h10-14H,4-9H2,1-3H3. The van der Waals surface area contributed by atoms with Gasteiger partial charge >= 0.3 is 0 Å². The highest BCUT2D eigenvalue weighted by atomic mass is 16.5. The SMILES string of the molecule is CCN1CCC(NC2CCOC2C)CC1C. The second-order valence-corrected chi connectivity index (χ2v) is 5.34. The monoisotopic (exact) mass is 226 g/mol. The van der Waals surface area contributed by atoms with E-state index in [1.165, 1.54) is 32.4 Å². The smallest absolute Gasteiger partial charge is 0.0700 e. The normalized spacial score (nSPS) is 41.4. The van der Waals surface area contributed by atoms with Crippen LogP contribution in [0.3, 0.4) is 0 Å². The number of nitrogens with one attached hydrogen (secondary N) is 1. The topological polar surface area (TPSA) is 24.5 Å². The van der Waals surface area contributed by atoms with Gasteiger partial charge in [0, 0.05) is 24.7 Å². The molecule has 0 aromatic heterocycles. The molecular weight excluding hydrogens is 200 g/mol. The summed E-state index contributed by atoms with van der Waals surface area (Å²) in [6, 6.07) is 2.02. The second kappa shape index (κ2) is 5.48. The van der Waals surface area contributed by atoms with Gasteiger partial charge < -0.3 is 15.0 Å². The molecule has 1 N–H and O–H groups in total. The fraction of sp³-hybridized carbons (Fsp3) is 1.00. The Bertz CT molecular complexity index is 222. The van der Waals surface area contributed by atoms with Crippen molar-refractivity contribution in [1.82, 2.24) is 10.2 Å². The van der Waals surface area contributed by atoms with Crippen LogP contribution in [0.15, 0.2) is 0 Å². The van der Waals surface area contributed by atoms with E-state index in [2.05, 4.69) is 31.0 Å². The van der Waals surface area contributed by atoms with Crippen molar-refractivity contribution >= 4 is 0 Å². The summed E-state index contributed by atoms with van der Waals surface area (Å²) in [5.74, 6) is 0. The Balaban J connectivity index is 1.79. The third-order valence-electron chi connectivity index (χ3n) is 4.25. The molecule has 0 aromatic rings. The Hall–Kier alpha value is -0.120. The second-order valence-electron chi connectivity index (χ2n) is 5.34. The third-order valence-corrected chi connectivity index (χ3v) is 4.25. The minimum Gasteiger partial charge on any atom is -0.377 e. The zero-order valence-corrected chi connectivity index (χ0v) is 10.9. The van der Waals surface area contributed by atoms with Crippen LogP contribution >= 0.6 is 0 Å². The molecule has 0 amide bonds. The summed E-state index contributed by atoms with van der Waals surface area (Å²) in [5, 5.41) is 3.79. The van der Waals surface area contributed by atoms with E-state index in [9.17, 15) is 0 Å². The van der Waals surface area contributed by atoms with Crippen LogP contribution < -0.4 is 5.32 Å². The van der Waals surface area contributed by atoms with E-state index in [1.807, 2.05) is 0 Å². The lowest BCUT2D eigenvalue weighted by molar-refractivity contribution is 0.0989. The van der Waals surface area contributed by atoms with E-state index in [-0.39, 0.29) is 0 Å². The first-order chi connectivity index (χ1) is 7.70. The number of rotatable bonds is 3. The Kier molecular flexibility index (Phi) is 4.22. The number of nitrogens with zero attached hydrogens (tertiary/aromatic N) is 1. The minimum atomic E-state index is 0.402. The van der Waals surface area contributed by atoms with Crippen LogP contribution in [0.2, 0.25) is 0 Å². The molecule has 94 valence electrons. The molecule has 3 nitrogen and oxygen atoms in total. The third kappa shape index (κ3) is 2.76. The Morgan fingerprint density at radius 3 is 2.69 bits per heavy atom. The van der Waals surface area contributed by atoms with Gasteiger partial charge in [0.2, 0.25) is 0 Å². The number of ether oxygens (including phenoxy) is 1. The van der Waals surface area contributed by atoms with Crippen molar-refractivity contribution in [1.29, 1.82) is 0 Å². The molecule has 2 rings (SSSR count). The van der Waals surface area contributed by atoms with Crippen molar-refractivity contribution in [2.75, 3.05) is 19.7 Å². The maximum absolute atomic E-state index is 5.60. The van der Waals surface area contributed by atoms with Crippen molar-refractivity contribution in [3.8, 4) is 0 Å². The maximum Gasteiger partial charge on any atom is 0.0700 e. The van der Waals surface area contributed by atoms with Gasteiger partial charge in [-0.1, -0.05) is 6.92 Å². The van der Waals surface area contributed by atoms with E-state index >= 15 is 0 Å². The Labute approximate surface area is 99.5 Å². The maximum atomic E-state index is 5.60. The predicted molar refractivity (Wildman–Crippen MR) is 66.7 cm³/mol. The van der Waals surface area contributed by atoms with Gasteiger partial charge in [0.15, 0.2) is 0 Å². The molecule has 2 heterocycles. The lowest BCUT2D eigenvalue weighted by Gasteiger charge is -2.38. The molecule has 16 heavy (non-hydrogen) atoms. The van der Waals surface area contributed by atoms with Crippen LogP contribution in [0.5, 0.6) is 0 Å². The van der Waals surface area contributed by atoms with Gasteiger partial charge in [-0.2, -0.15) is 0 Å². The van der Waals surface area contributed by atoms with Crippen molar-refractivity contribution < 1.29 is 4.74 Å². The highest BCUT2D eigenvalue weighted by Crippen LogP contribution is 2.20. The summed E-state index contributed by atoms with van der Waals surface area (Å²) in [5.41, 5.74) is 0. The molecule has 3 heteroatoms. The number of piperidine rings is 1. The average molecular weight is 226 g/mol. The lowest BCUT2D eigenvalue weighted by atomic mass is 9.96. The zero-order valence-electron chi connectivity index (χ0n) is 10.9. The van der Waals surface area contributed by atoms with Crippen molar-refractivity contribution in [2.24, 2.45) is 0 Å². The molecule has 0 radical (unpaired) electrons. The van der Waals surface area contributed by atoms with E-state index < -0.39 is 0 Å². The number of hydrogen-bond acceptors (Lipinski definition) is 3. The minimum absolute atomic E-state index is 0.402. The van der Waals surface area contributed by atoms with Crippen LogP contribution in [0.25, 0.3) is 0 Å². The molecule has 4 unspecified atom stereocenters. The summed E-state index contributed by atoms with van der Waals surface area (Å²) in [4.78, 5) is 2.58. The Morgan fingerprint density at radius 2 is 2.12 bits per heavy atom. The first-order valence-electron chi connectivity index (χ1n) is 6.82. The summed E-state index contributed by atoms with van der Waals surface area (Å²) in [7, 11) is 0. The van der Waals surface area contributed by atoms with Crippen LogP contribution in [0.1, 0.15) is 40.0 Å². The molecule has 0 bridgehead atoms. The summed E-state index contributed by atoms with van der Waals surface area (Å²) in [6.45, 7) is 10.2. The molecule has 0 saturated carbocycles. The van der Waals surface area contributed by atoms with E-state index in [0.29, 0.717) is 18.2 Å². The highest BCUT2D eigenvalue weighted by Gasteiger charge is 2.30. The van der Waals surface area contributed by atoms with Crippen LogP contribution in [-0.2, 0) is 4.74 Å². The van der Waals surface area contributed by atoms with Crippen LogP contribution in [0, 0.1) is 0 Å². The van der Waals surface area contributed by atoms with E-state index in [1.54, 1.807) is 0 Å². The Morgan fingerprint density at radius 1 is 1.31 bits per heavy atom. The molecule has 0 aliphatic carbocycles. The summed E-state index contributed by atoms with van der Waals surface area (Å²) < 4.78 is 5.60. The molecule has 2 fully saturated rings. The van der Waals surface area contributed by atoms with E-state index in [0.717, 1.165) is 12.6 Å². The van der Waals surface area contributed by atoms with Crippen LogP contribution in [-0.4, -0.2) is 48.8 Å². The van der Waals surface area contributed by atoms with Crippen molar-refractivity contribution in [3.63, 3.8) is 0 Å². The fourth-order valence-corrected chi connectivity index (χ4v) is 3.10. The average Bonchev–Trinajstić information content (AvgIpc) is 2.65. The first kappa shape index (κ1) is 12.3. The predicted octanol–water partition coefficient (Wildman–Crippen LogP) is 1.63. The zero-order chi connectivity index (χ0) is 11.5.